The zero-order valence-electron chi connectivity index (χ0n) is 13.0. The summed E-state index contributed by atoms with van der Waals surface area (Å²) in [4.78, 5) is 14.5. The van der Waals surface area contributed by atoms with Crippen molar-refractivity contribution in [1.29, 1.82) is 0 Å². The van der Waals surface area contributed by atoms with E-state index < -0.39 is 0 Å². The molecular formula is C15H28N3OY-. The van der Waals surface area contributed by atoms with E-state index in [0.29, 0.717) is 12.1 Å². The van der Waals surface area contributed by atoms with Gasteiger partial charge in [0.05, 0.1) is 0 Å². The van der Waals surface area contributed by atoms with Crippen LogP contribution in [0.4, 0.5) is 0 Å². The molecule has 2 heterocycles. The molecule has 1 amide bonds. The summed E-state index contributed by atoms with van der Waals surface area (Å²) in [5.74, 6) is 0.136. The molecule has 0 aromatic heterocycles. The smallest absolute Gasteiger partial charge is 0.202 e. The standard InChI is InChI=1S/C15H28N3O.Y/c1-12-6-5-7-13(2)18(12)11-10-17-15(19)14-8-3-4-9-16-14;/h12-14H,3-11H2,1-2H3,(H,17,19);/q-1;/t12-,13+,14-;/m0./s1. The Labute approximate surface area is 148 Å². The molecule has 0 saturated carbocycles. The summed E-state index contributed by atoms with van der Waals surface area (Å²) in [5.41, 5.74) is 0. The molecule has 3 atom stereocenters. The van der Waals surface area contributed by atoms with Crippen LogP contribution in [0.25, 0.3) is 5.32 Å². The van der Waals surface area contributed by atoms with Gasteiger partial charge in [0, 0.05) is 57.9 Å². The number of nitrogens with one attached hydrogen (secondary N) is 1. The number of piperidine rings is 2. The zero-order chi connectivity index (χ0) is 13.7. The quantitative estimate of drug-likeness (QED) is 0.841. The molecule has 0 aromatic carbocycles. The van der Waals surface area contributed by atoms with Crippen LogP contribution in [-0.4, -0.2) is 48.6 Å². The SMILES string of the molecule is C[C@@H]1CCC[C@H](C)N1CCNC(=O)[C@@H]1CCCC[N-]1.[Y]. The maximum Gasteiger partial charge on any atom is 0.202 e. The first-order valence-corrected chi connectivity index (χ1v) is 7.88. The number of carbonyl (C=O) groups is 1. The van der Waals surface area contributed by atoms with Gasteiger partial charge >= 0.3 is 0 Å². The summed E-state index contributed by atoms with van der Waals surface area (Å²) in [6, 6.07) is 1.23. The molecule has 2 aliphatic rings. The first kappa shape index (κ1) is 18.5. The first-order chi connectivity index (χ1) is 9.18. The van der Waals surface area contributed by atoms with Crippen LogP contribution in [0.3, 0.4) is 0 Å². The van der Waals surface area contributed by atoms with Crippen LogP contribution in [0, 0.1) is 0 Å². The first-order valence-electron chi connectivity index (χ1n) is 7.88. The van der Waals surface area contributed by atoms with Crippen LogP contribution < -0.4 is 5.32 Å². The molecule has 2 rings (SSSR count). The van der Waals surface area contributed by atoms with Crippen LogP contribution in [-0.2, 0) is 37.5 Å². The molecule has 0 unspecified atom stereocenters. The van der Waals surface area contributed by atoms with E-state index >= 15 is 0 Å². The maximum atomic E-state index is 12.0. The second-order valence-corrected chi connectivity index (χ2v) is 6.08. The molecule has 1 N–H and O–H groups in total. The fraction of sp³-hybridized carbons (Fsp3) is 0.933. The average Bonchev–Trinajstić information content (AvgIpc) is 2.43. The molecule has 2 fully saturated rings. The molecule has 0 bridgehead atoms. The molecule has 1 radical (unpaired) electrons. The summed E-state index contributed by atoms with van der Waals surface area (Å²) >= 11 is 0. The van der Waals surface area contributed by atoms with E-state index in [-0.39, 0.29) is 44.7 Å². The average molecular weight is 355 g/mol. The topological polar surface area (TPSA) is 46.4 Å². The van der Waals surface area contributed by atoms with Gasteiger partial charge < -0.3 is 10.6 Å². The van der Waals surface area contributed by atoms with Crippen molar-refractivity contribution in [1.82, 2.24) is 10.2 Å². The maximum absolute atomic E-state index is 12.0. The Morgan fingerprint density at radius 1 is 1.15 bits per heavy atom. The number of hydrogen-bond donors (Lipinski definition) is 1. The third-order valence-electron chi connectivity index (χ3n) is 4.58. The molecule has 5 heteroatoms. The Hall–Kier alpha value is 0.494. The van der Waals surface area contributed by atoms with Crippen molar-refractivity contribution in [2.24, 2.45) is 0 Å². The van der Waals surface area contributed by atoms with Crippen molar-refractivity contribution in [3.63, 3.8) is 0 Å². The summed E-state index contributed by atoms with van der Waals surface area (Å²) in [5, 5.41) is 7.47. The van der Waals surface area contributed by atoms with Gasteiger partial charge in [0.1, 0.15) is 0 Å². The molecule has 0 spiro atoms. The normalized spacial score (nSPS) is 31.4. The van der Waals surface area contributed by atoms with Crippen molar-refractivity contribution in [2.45, 2.75) is 70.5 Å². The Morgan fingerprint density at radius 2 is 1.85 bits per heavy atom. The van der Waals surface area contributed by atoms with Crippen molar-refractivity contribution in [3.05, 3.63) is 5.32 Å². The second kappa shape index (κ2) is 9.50. The predicted octanol–water partition coefficient (Wildman–Crippen LogP) is 2.29. The summed E-state index contributed by atoms with van der Waals surface area (Å²) in [6.45, 7) is 7.19. The van der Waals surface area contributed by atoms with Gasteiger partial charge in [-0.1, -0.05) is 31.7 Å². The van der Waals surface area contributed by atoms with Crippen molar-refractivity contribution in [3.8, 4) is 0 Å². The van der Waals surface area contributed by atoms with Crippen LogP contribution in [0.2, 0.25) is 0 Å². The Kier molecular flexibility index (Phi) is 8.81. The van der Waals surface area contributed by atoms with Crippen LogP contribution >= 0.6 is 0 Å². The minimum absolute atomic E-state index is 0. The number of hydrogen-bond acceptors (Lipinski definition) is 2. The van der Waals surface area contributed by atoms with E-state index in [9.17, 15) is 4.79 Å². The van der Waals surface area contributed by atoms with Gasteiger partial charge in [-0.3, -0.25) is 9.69 Å². The number of likely N-dealkylation sites (tertiary alicyclic amines) is 1. The zero-order valence-corrected chi connectivity index (χ0v) is 15.8. The summed E-state index contributed by atoms with van der Waals surface area (Å²) in [7, 11) is 0. The molecule has 20 heavy (non-hydrogen) atoms. The minimum Gasteiger partial charge on any atom is -0.652 e. The van der Waals surface area contributed by atoms with Gasteiger partial charge in [-0.15, -0.1) is 6.54 Å². The molecule has 4 nitrogen and oxygen atoms in total. The Bertz CT molecular complexity index is 285. The van der Waals surface area contributed by atoms with Gasteiger partial charge in [0.15, 0.2) is 0 Å². The van der Waals surface area contributed by atoms with Gasteiger partial charge in [-0.2, -0.15) is 0 Å². The molecule has 2 saturated heterocycles. The Balaban J connectivity index is 0.00000200. The van der Waals surface area contributed by atoms with E-state index in [1.54, 1.807) is 0 Å². The summed E-state index contributed by atoms with van der Waals surface area (Å²) < 4.78 is 0. The second-order valence-electron chi connectivity index (χ2n) is 6.08. The monoisotopic (exact) mass is 355 g/mol. The number of amides is 1. The molecule has 113 valence electrons. The van der Waals surface area contributed by atoms with Gasteiger partial charge in [0.25, 0.3) is 0 Å². The van der Waals surface area contributed by atoms with Crippen LogP contribution in [0.5, 0.6) is 0 Å². The van der Waals surface area contributed by atoms with Gasteiger partial charge in [-0.05, 0) is 26.7 Å². The fourth-order valence-electron chi connectivity index (χ4n) is 3.34. The fourth-order valence-corrected chi connectivity index (χ4v) is 3.34. The van der Waals surface area contributed by atoms with Gasteiger partial charge in [-0.25, -0.2) is 0 Å². The van der Waals surface area contributed by atoms with Crippen LogP contribution in [0.1, 0.15) is 52.4 Å². The number of carbonyl (C=O) groups excluding carboxylic acids is 1. The predicted molar refractivity (Wildman–Crippen MR) is 78.4 cm³/mol. The van der Waals surface area contributed by atoms with E-state index in [1.807, 2.05) is 0 Å². The number of nitrogens with zero attached hydrogens (tertiary/aromatic N) is 2. The minimum atomic E-state index is -0.0787. The number of rotatable bonds is 4. The molecule has 2 aliphatic heterocycles. The largest absolute Gasteiger partial charge is 0.652 e. The van der Waals surface area contributed by atoms with Crippen molar-refractivity contribution >= 4 is 5.91 Å². The van der Waals surface area contributed by atoms with Crippen molar-refractivity contribution in [2.75, 3.05) is 19.6 Å². The van der Waals surface area contributed by atoms with Crippen molar-refractivity contribution < 1.29 is 37.5 Å². The third kappa shape index (κ3) is 5.36. The summed E-state index contributed by atoms with van der Waals surface area (Å²) in [6.07, 6.45) is 7.13. The molecule has 0 aromatic rings. The van der Waals surface area contributed by atoms with E-state index in [1.165, 1.54) is 19.3 Å². The van der Waals surface area contributed by atoms with E-state index in [4.69, 9.17) is 0 Å². The molecule has 0 aliphatic carbocycles. The molecular weight excluding hydrogens is 327 g/mol. The third-order valence-corrected chi connectivity index (χ3v) is 4.58. The van der Waals surface area contributed by atoms with Crippen LogP contribution in [0.15, 0.2) is 0 Å². The van der Waals surface area contributed by atoms with Gasteiger partial charge in [0.2, 0.25) is 5.91 Å². The van der Waals surface area contributed by atoms with E-state index in [0.717, 1.165) is 38.9 Å². The van der Waals surface area contributed by atoms with E-state index in [2.05, 4.69) is 29.4 Å². The Morgan fingerprint density at radius 3 is 2.45 bits per heavy atom.